The average Bonchev–Trinajstić information content (AvgIpc) is 3.09. The standard InChI is InChI=1S/C18H25N3O2S.ClH/c1-3-18(19,4-2)13-20-16(22)12-24-11-15-10-23-17(21-15)14-8-6-5-7-9-14;/h5-10H,3-4,11-13,19H2,1-2H3,(H,20,22);1H. The molecule has 0 aliphatic carbocycles. The number of rotatable bonds is 9. The Morgan fingerprint density at radius 2 is 1.96 bits per heavy atom. The van der Waals surface area contributed by atoms with E-state index < -0.39 is 0 Å². The first-order valence-corrected chi connectivity index (χ1v) is 9.35. The lowest BCUT2D eigenvalue weighted by atomic mass is 9.94. The van der Waals surface area contributed by atoms with Crippen LogP contribution in [0.3, 0.4) is 0 Å². The molecule has 1 amide bonds. The van der Waals surface area contributed by atoms with Gasteiger partial charge in [0.1, 0.15) is 6.26 Å². The van der Waals surface area contributed by atoms with Gasteiger partial charge in [0, 0.05) is 23.4 Å². The number of oxazole rings is 1. The van der Waals surface area contributed by atoms with Crippen LogP contribution in [0, 0.1) is 0 Å². The molecular weight excluding hydrogens is 358 g/mol. The molecule has 1 heterocycles. The van der Waals surface area contributed by atoms with Crippen molar-refractivity contribution in [2.24, 2.45) is 5.73 Å². The van der Waals surface area contributed by atoms with Crippen LogP contribution in [-0.2, 0) is 10.5 Å². The highest BCUT2D eigenvalue weighted by Crippen LogP contribution is 2.20. The fourth-order valence-corrected chi connectivity index (χ4v) is 2.89. The highest BCUT2D eigenvalue weighted by atomic mass is 35.5. The predicted molar refractivity (Wildman–Crippen MR) is 106 cm³/mol. The minimum atomic E-state index is -0.309. The Hall–Kier alpha value is -1.50. The Morgan fingerprint density at radius 1 is 1.28 bits per heavy atom. The third-order valence-electron chi connectivity index (χ3n) is 4.10. The molecule has 25 heavy (non-hydrogen) atoms. The zero-order valence-corrected chi connectivity index (χ0v) is 16.3. The van der Waals surface area contributed by atoms with Crippen LogP contribution >= 0.6 is 24.2 Å². The van der Waals surface area contributed by atoms with E-state index >= 15 is 0 Å². The lowest BCUT2D eigenvalue weighted by Gasteiger charge is -2.26. The average molecular weight is 384 g/mol. The number of halogens is 1. The quantitative estimate of drug-likeness (QED) is 0.691. The first-order valence-electron chi connectivity index (χ1n) is 8.19. The Bertz CT molecular complexity index is 645. The second-order valence-corrected chi connectivity index (χ2v) is 6.83. The van der Waals surface area contributed by atoms with Gasteiger partial charge in [0.15, 0.2) is 0 Å². The van der Waals surface area contributed by atoms with Crippen LogP contribution in [0.25, 0.3) is 11.5 Å². The fourth-order valence-electron chi connectivity index (χ4n) is 2.16. The number of nitrogens with two attached hydrogens (primary N) is 1. The number of nitrogens with zero attached hydrogens (tertiary/aromatic N) is 1. The predicted octanol–water partition coefficient (Wildman–Crippen LogP) is 3.63. The third kappa shape index (κ3) is 6.72. The van der Waals surface area contributed by atoms with E-state index in [1.807, 2.05) is 44.2 Å². The number of carbonyl (C=O) groups is 1. The molecule has 2 rings (SSSR count). The number of hydrogen-bond acceptors (Lipinski definition) is 5. The van der Waals surface area contributed by atoms with E-state index in [0.29, 0.717) is 23.9 Å². The van der Waals surface area contributed by atoms with Gasteiger partial charge >= 0.3 is 0 Å². The van der Waals surface area contributed by atoms with Crippen LogP contribution in [-0.4, -0.2) is 28.7 Å². The topological polar surface area (TPSA) is 81.1 Å². The van der Waals surface area contributed by atoms with E-state index in [1.54, 1.807) is 6.26 Å². The van der Waals surface area contributed by atoms with Gasteiger partial charge in [0.2, 0.25) is 11.8 Å². The SMILES string of the molecule is CCC(N)(CC)CNC(=O)CSCc1coc(-c2ccccc2)n1.Cl. The van der Waals surface area contributed by atoms with Crippen LogP contribution in [0.1, 0.15) is 32.4 Å². The molecule has 0 spiro atoms. The van der Waals surface area contributed by atoms with E-state index in [2.05, 4.69) is 10.3 Å². The number of thioether (sulfide) groups is 1. The van der Waals surface area contributed by atoms with Crippen LogP contribution < -0.4 is 11.1 Å². The van der Waals surface area contributed by atoms with Gasteiger partial charge in [0.05, 0.1) is 11.4 Å². The molecule has 7 heteroatoms. The van der Waals surface area contributed by atoms with Gasteiger partial charge in [0.25, 0.3) is 0 Å². The summed E-state index contributed by atoms with van der Waals surface area (Å²) in [6, 6.07) is 9.76. The van der Waals surface area contributed by atoms with Gasteiger partial charge in [-0.05, 0) is 25.0 Å². The van der Waals surface area contributed by atoms with E-state index in [1.165, 1.54) is 11.8 Å². The molecule has 0 atom stereocenters. The molecule has 0 aliphatic rings. The fraction of sp³-hybridized carbons (Fsp3) is 0.444. The largest absolute Gasteiger partial charge is 0.444 e. The number of carbonyl (C=O) groups excluding carboxylic acids is 1. The lowest BCUT2D eigenvalue weighted by molar-refractivity contribution is -0.118. The summed E-state index contributed by atoms with van der Waals surface area (Å²) in [6.45, 7) is 4.60. The number of aromatic nitrogens is 1. The summed E-state index contributed by atoms with van der Waals surface area (Å²) in [5, 5.41) is 2.91. The van der Waals surface area contributed by atoms with E-state index in [0.717, 1.165) is 24.1 Å². The van der Waals surface area contributed by atoms with Crippen molar-refractivity contribution in [3.63, 3.8) is 0 Å². The number of benzene rings is 1. The van der Waals surface area contributed by atoms with E-state index in [9.17, 15) is 4.79 Å². The molecule has 0 saturated heterocycles. The number of hydrogen-bond donors (Lipinski definition) is 2. The highest BCUT2D eigenvalue weighted by Gasteiger charge is 2.20. The Labute approximate surface area is 159 Å². The van der Waals surface area contributed by atoms with Crippen molar-refractivity contribution in [3.8, 4) is 11.5 Å². The summed E-state index contributed by atoms with van der Waals surface area (Å²) >= 11 is 1.51. The van der Waals surface area contributed by atoms with Crippen molar-refractivity contribution in [2.45, 2.75) is 38.0 Å². The first-order chi connectivity index (χ1) is 11.6. The number of amides is 1. The summed E-state index contributed by atoms with van der Waals surface area (Å²) in [5.41, 5.74) is 7.65. The second-order valence-electron chi connectivity index (χ2n) is 5.85. The maximum atomic E-state index is 11.9. The molecule has 0 fully saturated rings. The molecule has 2 aromatic rings. The van der Waals surface area contributed by atoms with Crippen LogP contribution in [0.2, 0.25) is 0 Å². The van der Waals surface area contributed by atoms with Crippen LogP contribution in [0.4, 0.5) is 0 Å². The zero-order chi connectivity index (χ0) is 17.4. The number of nitrogens with one attached hydrogen (secondary N) is 1. The maximum absolute atomic E-state index is 11.9. The molecular formula is C18H26ClN3O2S. The Balaban J connectivity index is 0.00000312. The smallest absolute Gasteiger partial charge is 0.230 e. The molecule has 5 nitrogen and oxygen atoms in total. The molecule has 0 unspecified atom stereocenters. The molecule has 1 aromatic carbocycles. The van der Waals surface area contributed by atoms with Gasteiger partial charge < -0.3 is 15.5 Å². The highest BCUT2D eigenvalue weighted by molar-refractivity contribution is 7.99. The van der Waals surface area contributed by atoms with Crippen LogP contribution in [0.5, 0.6) is 0 Å². The third-order valence-corrected chi connectivity index (χ3v) is 5.07. The summed E-state index contributed by atoms with van der Waals surface area (Å²) in [4.78, 5) is 16.4. The summed E-state index contributed by atoms with van der Waals surface area (Å²) in [6.07, 6.45) is 3.34. The van der Waals surface area contributed by atoms with E-state index in [-0.39, 0.29) is 23.9 Å². The Morgan fingerprint density at radius 3 is 2.60 bits per heavy atom. The Kier molecular flexibility index (Phi) is 9.03. The van der Waals surface area contributed by atoms with Crippen molar-refractivity contribution in [2.75, 3.05) is 12.3 Å². The normalized spacial score (nSPS) is 11.0. The van der Waals surface area contributed by atoms with Crippen LogP contribution in [0.15, 0.2) is 41.0 Å². The molecule has 138 valence electrons. The van der Waals surface area contributed by atoms with Gasteiger partial charge in [-0.3, -0.25) is 4.79 Å². The van der Waals surface area contributed by atoms with Crippen molar-refractivity contribution < 1.29 is 9.21 Å². The lowest BCUT2D eigenvalue weighted by Crippen LogP contribution is -2.49. The maximum Gasteiger partial charge on any atom is 0.230 e. The van der Waals surface area contributed by atoms with Gasteiger partial charge in [-0.2, -0.15) is 0 Å². The van der Waals surface area contributed by atoms with Gasteiger partial charge in [-0.25, -0.2) is 4.98 Å². The van der Waals surface area contributed by atoms with Crippen molar-refractivity contribution in [1.29, 1.82) is 0 Å². The summed E-state index contributed by atoms with van der Waals surface area (Å²) < 4.78 is 5.49. The zero-order valence-electron chi connectivity index (χ0n) is 14.7. The van der Waals surface area contributed by atoms with Crippen molar-refractivity contribution in [1.82, 2.24) is 10.3 Å². The molecule has 3 N–H and O–H groups in total. The van der Waals surface area contributed by atoms with E-state index in [4.69, 9.17) is 10.2 Å². The van der Waals surface area contributed by atoms with Gasteiger partial charge in [-0.1, -0.05) is 32.0 Å². The molecule has 0 bridgehead atoms. The molecule has 1 aromatic heterocycles. The summed E-state index contributed by atoms with van der Waals surface area (Å²) in [5.74, 6) is 1.63. The monoisotopic (exact) mass is 383 g/mol. The van der Waals surface area contributed by atoms with Crippen molar-refractivity contribution in [3.05, 3.63) is 42.3 Å². The molecule has 0 saturated carbocycles. The van der Waals surface area contributed by atoms with Gasteiger partial charge in [-0.15, -0.1) is 24.2 Å². The minimum absolute atomic E-state index is 0. The molecule has 0 radical (unpaired) electrons. The first kappa shape index (κ1) is 21.5. The second kappa shape index (κ2) is 10.5. The minimum Gasteiger partial charge on any atom is -0.444 e. The molecule has 0 aliphatic heterocycles. The van der Waals surface area contributed by atoms with Crippen molar-refractivity contribution >= 4 is 30.1 Å². The summed E-state index contributed by atoms with van der Waals surface area (Å²) in [7, 11) is 0.